The number of hydrogen-bond donors (Lipinski definition) is 0. The van der Waals surface area contributed by atoms with Crippen LogP contribution in [0.2, 0.25) is 0 Å². The Labute approximate surface area is 265 Å². The van der Waals surface area contributed by atoms with E-state index in [1.54, 1.807) is 7.11 Å². The molecule has 9 heteroatoms. The lowest BCUT2D eigenvalue weighted by molar-refractivity contribution is -0.121. The zero-order valence-electron chi connectivity index (χ0n) is 26.9. The van der Waals surface area contributed by atoms with Crippen molar-refractivity contribution < 1.29 is 28.5 Å². The first-order valence-electron chi connectivity index (χ1n) is 15.7. The molecular formula is C36H43N3O6. The van der Waals surface area contributed by atoms with Crippen LogP contribution in [0, 0.1) is 0 Å². The summed E-state index contributed by atoms with van der Waals surface area (Å²) < 4.78 is 29.2. The monoisotopic (exact) mass is 613 g/mol. The quantitative estimate of drug-likeness (QED) is 0.164. The molecule has 0 unspecified atom stereocenters. The fourth-order valence-electron chi connectivity index (χ4n) is 5.77. The normalized spacial score (nSPS) is 13.6. The number of piperazine rings is 1. The number of hydrogen-bond acceptors (Lipinski definition) is 8. The van der Waals surface area contributed by atoms with Gasteiger partial charge >= 0.3 is 0 Å². The van der Waals surface area contributed by atoms with Gasteiger partial charge in [0.15, 0.2) is 23.0 Å². The molecule has 5 rings (SSSR count). The Morgan fingerprint density at radius 3 is 2.04 bits per heavy atom. The van der Waals surface area contributed by atoms with E-state index in [2.05, 4.69) is 17.0 Å². The van der Waals surface area contributed by atoms with Crippen molar-refractivity contribution in [3.63, 3.8) is 0 Å². The third-order valence-electron chi connectivity index (χ3n) is 7.77. The smallest absolute Gasteiger partial charge is 0.241 e. The van der Waals surface area contributed by atoms with Crippen LogP contribution in [0.3, 0.4) is 0 Å². The third kappa shape index (κ3) is 7.26. The number of fused-ring (bicyclic) bond motifs is 1. The summed E-state index contributed by atoms with van der Waals surface area (Å²) in [5, 5.41) is 2.02. The number of carbonyl (C=O) groups is 1. The minimum atomic E-state index is 0.0360. The van der Waals surface area contributed by atoms with Crippen molar-refractivity contribution in [1.29, 1.82) is 0 Å². The fourth-order valence-corrected chi connectivity index (χ4v) is 5.77. The molecule has 1 saturated heterocycles. The number of ether oxygens (including phenoxy) is 5. The molecule has 4 aromatic rings. The molecule has 1 aromatic heterocycles. The maximum atomic E-state index is 13.3. The molecule has 2 heterocycles. The maximum absolute atomic E-state index is 13.3. The summed E-state index contributed by atoms with van der Waals surface area (Å²) in [4.78, 5) is 22.3. The molecule has 0 atom stereocenters. The Balaban J connectivity index is 1.47. The molecular weight excluding hydrogens is 570 g/mol. The number of nitrogens with zero attached hydrogens (tertiary/aromatic N) is 3. The highest BCUT2D eigenvalue weighted by molar-refractivity contribution is 5.97. The van der Waals surface area contributed by atoms with E-state index in [0.717, 1.165) is 51.3 Å². The molecule has 1 aliphatic rings. The average molecular weight is 614 g/mol. The number of pyridine rings is 1. The first-order valence-corrected chi connectivity index (χ1v) is 15.7. The summed E-state index contributed by atoms with van der Waals surface area (Å²) in [7, 11) is 1.63. The van der Waals surface area contributed by atoms with Gasteiger partial charge < -0.3 is 28.6 Å². The van der Waals surface area contributed by atoms with Gasteiger partial charge in [-0.2, -0.15) is 0 Å². The standard InChI is InChI=1S/C36H43N3O6/c1-6-42-32-15-14-25(19-33(32)43-7-2)18-29-28-21-35(45-9-4)34(44-8-3)20-27(28)26(22-37-29)23-38-16-17-39(36(40)24-38)30-12-10-11-13-31(30)41-5/h10-15,19-22H,6-9,16-18,23-24H2,1-5H3. The predicted molar refractivity (Wildman–Crippen MR) is 176 cm³/mol. The molecule has 3 aromatic carbocycles. The van der Waals surface area contributed by atoms with Crippen molar-refractivity contribution in [1.82, 2.24) is 9.88 Å². The molecule has 238 valence electrons. The van der Waals surface area contributed by atoms with Gasteiger partial charge in [0.25, 0.3) is 0 Å². The average Bonchev–Trinajstić information content (AvgIpc) is 3.04. The van der Waals surface area contributed by atoms with E-state index in [9.17, 15) is 4.79 Å². The van der Waals surface area contributed by atoms with E-state index >= 15 is 0 Å². The van der Waals surface area contributed by atoms with Gasteiger partial charge in [-0.25, -0.2) is 0 Å². The number of rotatable bonds is 14. The first kappa shape index (κ1) is 31.9. The van der Waals surface area contributed by atoms with Gasteiger partial charge in [0.1, 0.15) is 5.75 Å². The summed E-state index contributed by atoms with van der Waals surface area (Å²) in [6, 6.07) is 17.8. The van der Waals surface area contributed by atoms with Gasteiger partial charge in [-0.05, 0) is 80.6 Å². The van der Waals surface area contributed by atoms with Gasteiger partial charge in [-0.15, -0.1) is 0 Å². The van der Waals surface area contributed by atoms with E-state index in [-0.39, 0.29) is 5.91 Å². The van der Waals surface area contributed by atoms with Crippen LogP contribution in [-0.2, 0) is 17.8 Å². The summed E-state index contributed by atoms with van der Waals surface area (Å²) in [5.41, 5.74) is 3.81. The Morgan fingerprint density at radius 1 is 0.733 bits per heavy atom. The van der Waals surface area contributed by atoms with Crippen LogP contribution in [0.1, 0.15) is 44.5 Å². The van der Waals surface area contributed by atoms with Gasteiger partial charge in [0.05, 0.1) is 51.5 Å². The topological polar surface area (TPSA) is 82.6 Å². The van der Waals surface area contributed by atoms with Crippen molar-refractivity contribution in [2.24, 2.45) is 0 Å². The molecule has 0 N–H and O–H groups in total. The van der Waals surface area contributed by atoms with Crippen LogP contribution in [0.25, 0.3) is 10.8 Å². The number of carbonyl (C=O) groups excluding carboxylic acids is 1. The highest BCUT2D eigenvalue weighted by Gasteiger charge is 2.27. The molecule has 9 nitrogen and oxygen atoms in total. The Hall–Kier alpha value is -4.50. The zero-order chi connectivity index (χ0) is 31.8. The molecule has 0 bridgehead atoms. The highest BCUT2D eigenvalue weighted by Crippen LogP contribution is 2.37. The maximum Gasteiger partial charge on any atom is 0.241 e. The van der Waals surface area contributed by atoms with Gasteiger partial charge in [-0.3, -0.25) is 14.7 Å². The third-order valence-corrected chi connectivity index (χ3v) is 7.77. The lowest BCUT2D eigenvalue weighted by atomic mass is 9.99. The van der Waals surface area contributed by atoms with Gasteiger partial charge in [0.2, 0.25) is 5.91 Å². The van der Waals surface area contributed by atoms with Crippen molar-refractivity contribution >= 4 is 22.4 Å². The van der Waals surface area contributed by atoms with Crippen LogP contribution < -0.4 is 28.6 Å². The SMILES string of the molecule is CCOc1ccc(Cc2ncc(CN3CCN(c4ccccc4OC)C(=O)C3)c3cc(OCC)c(OCC)cc23)cc1OCC. The Bertz CT molecular complexity index is 1620. The second kappa shape index (κ2) is 15.0. The summed E-state index contributed by atoms with van der Waals surface area (Å²) >= 11 is 0. The van der Waals surface area contributed by atoms with E-state index in [0.29, 0.717) is 69.7 Å². The van der Waals surface area contributed by atoms with Crippen LogP contribution >= 0.6 is 0 Å². The zero-order valence-corrected chi connectivity index (χ0v) is 26.9. The number of amides is 1. The van der Waals surface area contributed by atoms with E-state index < -0.39 is 0 Å². The van der Waals surface area contributed by atoms with Crippen LogP contribution in [0.4, 0.5) is 5.69 Å². The number of para-hydroxylation sites is 2. The van der Waals surface area contributed by atoms with Crippen LogP contribution in [0.15, 0.2) is 60.8 Å². The van der Waals surface area contributed by atoms with Crippen LogP contribution in [-0.4, -0.2) is 69.0 Å². The summed E-state index contributed by atoms with van der Waals surface area (Å²) in [6.45, 7) is 12.2. The summed E-state index contributed by atoms with van der Waals surface area (Å²) in [6.07, 6.45) is 2.53. The lowest BCUT2D eigenvalue weighted by Crippen LogP contribution is -2.50. The molecule has 1 aliphatic heterocycles. The molecule has 0 spiro atoms. The second-order valence-corrected chi connectivity index (χ2v) is 10.7. The Kier molecular flexibility index (Phi) is 10.6. The van der Waals surface area contributed by atoms with E-state index in [4.69, 9.17) is 28.7 Å². The summed E-state index contributed by atoms with van der Waals surface area (Å²) in [5.74, 6) is 3.57. The van der Waals surface area contributed by atoms with Crippen molar-refractivity contribution in [2.75, 3.05) is 58.1 Å². The molecule has 1 amide bonds. The minimum Gasteiger partial charge on any atom is -0.495 e. The van der Waals surface area contributed by atoms with Crippen molar-refractivity contribution in [2.45, 2.75) is 40.7 Å². The second-order valence-electron chi connectivity index (χ2n) is 10.7. The first-order chi connectivity index (χ1) is 22.0. The van der Waals surface area contributed by atoms with Gasteiger partial charge in [-0.1, -0.05) is 18.2 Å². The molecule has 0 radical (unpaired) electrons. The van der Waals surface area contributed by atoms with Crippen molar-refractivity contribution in [3.05, 3.63) is 77.6 Å². The fraction of sp³-hybridized carbons (Fsp3) is 0.389. The Morgan fingerprint density at radius 2 is 1.38 bits per heavy atom. The van der Waals surface area contributed by atoms with Crippen molar-refractivity contribution in [3.8, 4) is 28.7 Å². The molecule has 0 aliphatic carbocycles. The van der Waals surface area contributed by atoms with Crippen LogP contribution in [0.5, 0.6) is 28.7 Å². The largest absolute Gasteiger partial charge is 0.495 e. The number of anilines is 1. The predicted octanol–water partition coefficient (Wildman–Crippen LogP) is 6.28. The lowest BCUT2D eigenvalue weighted by Gasteiger charge is -2.35. The molecule has 45 heavy (non-hydrogen) atoms. The molecule has 0 saturated carbocycles. The molecule has 1 fully saturated rings. The van der Waals surface area contributed by atoms with E-state index in [1.807, 2.05) is 81.3 Å². The minimum absolute atomic E-state index is 0.0360. The number of benzene rings is 3. The van der Waals surface area contributed by atoms with Gasteiger partial charge in [0, 0.05) is 37.6 Å². The number of aromatic nitrogens is 1. The number of methoxy groups -OCH3 is 1. The van der Waals surface area contributed by atoms with E-state index in [1.165, 1.54) is 0 Å². The highest BCUT2D eigenvalue weighted by atomic mass is 16.5.